The van der Waals surface area contributed by atoms with Crippen LogP contribution in [0.15, 0.2) is 36.5 Å². The average Bonchev–Trinajstić information content (AvgIpc) is 2.44. The molecule has 2 N–H and O–H groups in total. The Morgan fingerprint density at radius 1 is 1.21 bits per heavy atom. The van der Waals surface area contributed by atoms with Crippen LogP contribution in [0.3, 0.4) is 0 Å². The first-order chi connectivity index (χ1) is 9.13. The zero-order chi connectivity index (χ0) is 13.5. The van der Waals surface area contributed by atoms with Gasteiger partial charge < -0.3 is 5.73 Å². The molecule has 0 saturated heterocycles. The van der Waals surface area contributed by atoms with Crippen molar-refractivity contribution in [1.82, 2.24) is 4.98 Å². The Kier molecular flexibility index (Phi) is 3.06. The molecule has 1 heterocycles. The van der Waals surface area contributed by atoms with Crippen molar-refractivity contribution >= 4 is 10.9 Å². The van der Waals surface area contributed by atoms with Gasteiger partial charge in [0.2, 0.25) is 0 Å². The maximum atomic E-state index is 6.84. The molecule has 3 rings (SSSR count). The van der Waals surface area contributed by atoms with Gasteiger partial charge >= 0.3 is 0 Å². The first kappa shape index (κ1) is 12.6. The van der Waals surface area contributed by atoms with E-state index in [9.17, 15) is 0 Å². The van der Waals surface area contributed by atoms with E-state index in [0.29, 0.717) is 11.8 Å². The van der Waals surface area contributed by atoms with Gasteiger partial charge in [-0.15, -0.1) is 0 Å². The largest absolute Gasteiger partial charge is 0.321 e. The molecule has 1 aromatic carbocycles. The molecule has 0 aliphatic heterocycles. The second-order valence-electron chi connectivity index (χ2n) is 6.08. The Labute approximate surface area is 115 Å². The molecule has 2 aromatic rings. The third-order valence-corrected chi connectivity index (χ3v) is 5.05. The van der Waals surface area contributed by atoms with E-state index in [-0.39, 0.29) is 5.54 Å². The van der Waals surface area contributed by atoms with Crippen molar-refractivity contribution in [3.63, 3.8) is 0 Å². The normalized spacial score (nSPS) is 31.5. The van der Waals surface area contributed by atoms with E-state index in [1.807, 2.05) is 12.3 Å². The smallest absolute Gasteiger partial charge is 0.0752 e. The number of hydrogen-bond donors (Lipinski definition) is 1. The topological polar surface area (TPSA) is 38.9 Å². The average molecular weight is 254 g/mol. The second kappa shape index (κ2) is 4.61. The number of nitrogens with zero attached hydrogens (tertiary/aromatic N) is 1. The van der Waals surface area contributed by atoms with Crippen LogP contribution in [0.4, 0.5) is 0 Å². The van der Waals surface area contributed by atoms with Crippen molar-refractivity contribution in [2.24, 2.45) is 17.6 Å². The molecule has 0 amide bonds. The van der Waals surface area contributed by atoms with E-state index in [2.05, 4.69) is 43.1 Å². The van der Waals surface area contributed by atoms with Crippen LogP contribution in [0.25, 0.3) is 10.9 Å². The first-order valence-electron chi connectivity index (χ1n) is 7.26. The number of rotatable bonds is 1. The number of fused-ring (bicyclic) bond motifs is 1. The Hall–Kier alpha value is -1.41. The molecular weight excluding hydrogens is 232 g/mol. The zero-order valence-electron chi connectivity index (χ0n) is 11.8. The molecule has 3 unspecified atom stereocenters. The molecule has 1 fully saturated rings. The fourth-order valence-corrected chi connectivity index (χ4v) is 3.56. The summed E-state index contributed by atoms with van der Waals surface area (Å²) in [6.45, 7) is 4.62. The maximum absolute atomic E-state index is 6.84. The van der Waals surface area contributed by atoms with Gasteiger partial charge in [-0.2, -0.15) is 0 Å². The number of para-hydroxylation sites is 1. The van der Waals surface area contributed by atoms with Gasteiger partial charge in [-0.05, 0) is 29.9 Å². The summed E-state index contributed by atoms with van der Waals surface area (Å²) < 4.78 is 0. The zero-order valence-corrected chi connectivity index (χ0v) is 11.8. The molecule has 0 radical (unpaired) electrons. The summed E-state index contributed by atoms with van der Waals surface area (Å²) in [4.78, 5) is 4.58. The lowest BCUT2D eigenvalue weighted by atomic mass is 9.65. The SMILES string of the molecule is CC1CCCC(N)(c2cccc3cccnc23)C1C. The van der Waals surface area contributed by atoms with Crippen molar-refractivity contribution in [1.29, 1.82) is 0 Å². The summed E-state index contributed by atoms with van der Waals surface area (Å²) >= 11 is 0. The fraction of sp³-hybridized carbons (Fsp3) is 0.471. The van der Waals surface area contributed by atoms with E-state index in [4.69, 9.17) is 5.73 Å². The Bertz CT molecular complexity index is 587. The molecule has 1 aliphatic rings. The molecule has 2 nitrogen and oxygen atoms in total. The molecule has 100 valence electrons. The molecule has 0 spiro atoms. The minimum absolute atomic E-state index is 0.231. The van der Waals surface area contributed by atoms with Gasteiger partial charge in [0.15, 0.2) is 0 Å². The summed E-state index contributed by atoms with van der Waals surface area (Å²) in [7, 11) is 0. The highest BCUT2D eigenvalue weighted by atomic mass is 14.8. The number of pyridine rings is 1. The fourth-order valence-electron chi connectivity index (χ4n) is 3.56. The summed E-state index contributed by atoms with van der Waals surface area (Å²) in [5.74, 6) is 1.17. The highest BCUT2D eigenvalue weighted by Gasteiger charge is 2.40. The van der Waals surface area contributed by atoms with Crippen LogP contribution >= 0.6 is 0 Å². The molecule has 0 bridgehead atoms. The van der Waals surface area contributed by atoms with Crippen molar-refractivity contribution < 1.29 is 0 Å². The van der Waals surface area contributed by atoms with Crippen molar-refractivity contribution in [3.8, 4) is 0 Å². The van der Waals surface area contributed by atoms with E-state index in [0.717, 1.165) is 11.9 Å². The second-order valence-corrected chi connectivity index (χ2v) is 6.08. The molecule has 3 atom stereocenters. The number of nitrogens with two attached hydrogens (primary N) is 1. The molecule has 2 heteroatoms. The van der Waals surface area contributed by atoms with Crippen LogP contribution in [-0.4, -0.2) is 4.98 Å². The van der Waals surface area contributed by atoms with Gasteiger partial charge in [0.05, 0.1) is 5.52 Å². The highest BCUT2D eigenvalue weighted by Crippen LogP contribution is 2.44. The summed E-state index contributed by atoms with van der Waals surface area (Å²) in [6, 6.07) is 10.5. The third kappa shape index (κ3) is 1.95. The predicted octanol–water partition coefficient (Wildman–Crippen LogP) is 3.84. The lowest BCUT2D eigenvalue weighted by Gasteiger charge is -2.44. The Morgan fingerprint density at radius 2 is 2.00 bits per heavy atom. The molecule has 1 aromatic heterocycles. The van der Waals surface area contributed by atoms with E-state index in [1.165, 1.54) is 23.8 Å². The first-order valence-corrected chi connectivity index (χ1v) is 7.26. The van der Waals surface area contributed by atoms with Gasteiger partial charge in [0.25, 0.3) is 0 Å². The maximum Gasteiger partial charge on any atom is 0.0752 e. The van der Waals surface area contributed by atoms with Gasteiger partial charge in [0.1, 0.15) is 0 Å². The Morgan fingerprint density at radius 3 is 2.84 bits per heavy atom. The number of aromatic nitrogens is 1. The molecular formula is C17H22N2. The van der Waals surface area contributed by atoms with Crippen LogP contribution in [0, 0.1) is 11.8 Å². The predicted molar refractivity (Wildman–Crippen MR) is 79.8 cm³/mol. The van der Waals surface area contributed by atoms with Gasteiger partial charge in [0, 0.05) is 17.1 Å². The molecule has 1 aliphatic carbocycles. The van der Waals surface area contributed by atoms with Crippen molar-refractivity contribution in [2.45, 2.75) is 38.6 Å². The minimum Gasteiger partial charge on any atom is -0.321 e. The van der Waals surface area contributed by atoms with Gasteiger partial charge in [-0.25, -0.2) is 0 Å². The van der Waals surface area contributed by atoms with Crippen LogP contribution in [0.5, 0.6) is 0 Å². The van der Waals surface area contributed by atoms with E-state index in [1.54, 1.807) is 0 Å². The van der Waals surface area contributed by atoms with Gasteiger partial charge in [-0.1, -0.05) is 51.0 Å². The van der Waals surface area contributed by atoms with Crippen LogP contribution in [0.1, 0.15) is 38.7 Å². The van der Waals surface area contributed by atoms with Crippen LogP contribution in [-0.2, 0) is 5.54 Å². The minimum atomic E-state index is -0.231. The van der Waals surface area contributed by atoms with E-state index >= 15 is 0 Å². The van der Waals surface area contributed by atoms with E-state index < -0.39 is 0 Å². The monoisotopic (exact) mass is 254 g/mol. The van der Waals surface area contributed by atoms with Crippen LogP contribution in [0.2, 0.25) is 0 Å². The van der Waals surface area contributed by atoms with Crippen molar-refractivity contribution in [3.05, 3.63) is 42.1 Å². The molecule has 1 saturated carbocycles. The Balaban J connectivity index is 2.18. The highest BCUT2D eigenvalue weighted by molar-refractivity contribution is 5.82. The third-order valence-electron chi connectivity index (χ3n) is 5.05. The van der Waals surface area contributed by atoms with Crippen LogP contribution < -0.4 is 5.73 Å². The summed E-state index contributed by atoms with van der Waals surface area (Å²) in [5.41, 5.74) is 8.91. The standard InChI is InChI=1S/C17H22N2/c1-12-6-4-10-17(18,13(12)2)15-9-3-7-14-8-5-11-19-16(14)15/h3,5,7-9,11-13H,4,6,10,18H2,1-2H3. The summed E-state index contributed by atoms with van der Waals surface area (Å²) in [6.07, 6.45) is 5.43. The lowest BCUT2D eigenvalue weighted by Crippen LogP contribution is -2.48. The lowest BCUT2D eigenvalue weighted by molar-refractivity contribution is 0.145. The van der Waals surface area contributed by atoms with Crippen molar-refractivity contribution in [2.75, 3.05) is 0 Å². The summed E-state index contributed by atoms with van der Waals surface area (Å²) in [5, 5.41) is 1.19. The van der Waals surface area contributed by atoms with Gasteiger partial charge in [-0.3, -0.25) is 4.98 Å². The number of benzene rings is 1. The quantitative estimate of drug-likeness (QED) is 0.839. The number of hydrogen-bond acceptors (Lipinski definition) is 2. The molecule has 19 heavy (non-hydrogen) atoms.